The molecule has 0 aliphatic rings. The van der Waals surface area contributed by atoms with Crippen molar-refractivity contribution in [2.45, 2.75) is 12.8 Å². The van der Waals surface area contributed by atoms with E-state index in [2.05, 4.69) is 13.2 Å². The molecule has 0 aromatic rings. The molecule has 0 spiro atoms. The van der Waals surface area contributed by atoms with E-state index in [0.29, 0.717) is 0 Å². The minimum absolute atomic E-state index is 0. The Morgan fingerprint density at radius 1 is 0.875 bits per heavy atom. The van der Waals surface area contributed by atoms with Gasteiger partial charge in [0.1, 0.15) is 0 Å². The third-order valence-corrected chi connectivity index (χ3v) is 0.575. The Hall–Kier alpha value is 0.727. The zero-order chi connectivity index (χ0) is 4.83. The van der Waals surface area contributed by atoms with Gasteiger partial charge in [-0.25, -0.2) is 0 Å². The van der Waals surface area contributed by atoms with Crippen molar-refractivity contribution in [3.05, 3.63) is 25.3 Å². The zero-order valence-corrected chi connectivity index (χ0v) is 7.93. The van der Waals surface area contributed by atoms with E-state index in [0.717, 1.165) is 12.8 Å². The van der Waals surface area contributed by atoms with Gasteiger partial charge in [0.2, 0.25) is 0 Å². The summed E-state index contributed by atoms with van der Waals surface area (Å²) in [5.74, 6) is 0. The minimum atomic E-state index is 0. The van der Waals surface area contributed by atoms with Crippen LogP contribution in [-0.2, 0) is 39.0 Å². The summed E-state index contributed by atoms with van der Waals surface area (Å²) in [5, 5.41) is 0. The molecule has 2 radical (unpaired) electrons. The van der Waals surface area contributed by atoms with Crippen LogP contribution in [0.4, 0.5) is 0 Å². The molecule has 0 amide bonds. The summed E-state index contributed by atoms with van der Waals surface area (Å²) in [5.41, 5.74) is 0. The molecule has 0 unspecified atom stereocenters. The molecular formula is C6H10Rh2. The number of rotatable bonds is 3. The fourth-order valence-electron chi connectivity index (χ4n) is 0.236. The number of hydrogen-bond acceptors (Lipinski definition) is 0. The molecule has 0 fully saturated rings. The molecule has 0 nitrogen and oxygen atoms in total. The van der Waals surface area contributed by atoms with Crippen LogP contribution in [0.25, 0.3) is 0 Å². The SMILES string of the molecule is C=CCCC=C.[Rh].[Rh]. The van der Waals surface area contributed by atoms with Crippen LogP contribution in [0.2, 0.25) is 0 Å². The van der Waals surface area contributed by atoms with Crippen LogP contribution in [0.1, 0.15) is 12.8 Å². The van der Waals surface area contributed by atoms with Gasteiger partial charge in [0.15, 0.2) is 0 Å². The maximum absolute atomic E-state index is 3.55. The summed E-state index contributed by atoms with van der Waals surface area (Å²) in [7, 11) is 0. The molecule has 0 aliphatic heterocycles. The summed E-state index contributed by atoms with van der Waals surface area (Å²) in [4.78, 5) is 0. The van der Waals surface area contributed by atoms with Crippen molar-refractivity contribution in [2.75, 3.05) is 0 Å². The van der Waals surface area contributed by atoms with E-state index in [1.807, 2.05) is 12.2 Å². The first-order valence-electron chi connectivity index (χ1n) is 2.13. The van der Waals surface area contributed by atoms with Gasteiger partial charge >= 0.3 is 0 Å². The van der Waals surface area contributed by atoms with Crippen molar-refractivity contribution in [3.63, 3.8) is 0 Å². The molecular weight excluding hydrogens is 278 g/mol. The van der Waals surface area contributed by atoms with Crippen molar-refractivity contribution in [3.8, 4) is 0 Å². The molecule has 0 saturated heterocycles. The van der Waals surface area contributed by atoms with E-state index in [1.54, 1.807) is 0 Å². The zero-order valence-electron chi connectivity index (χ0n) is 4.65. The van der Waals surface area contributed by atoms with Crippen molar-refractivity contribution >= 4 is 0 Å². The van der Waals surface area contributed by atoms with E-state index in [9.17, 15) is 0 Å². The molecule has 0 aliphatic carbocycles. The van der Waals surface area contributed by atoms with Gasteiger partial charge in [-0.1, -0.05) is 12.2 Å². The maximum Gasteiger partial charge on any atom is 0 e. The van der Waals surface area contributed by atoms with E-state index in [1.165, 1.54) is 0 Å². The number of allylic oxidation sites excluding steroid dienone is 2. The fourth-order valence-corrected chi connectivity index (χ4v) is 0.236. The van der Waals surface area contributed by atoms with Crippen LogP contribution in [0, 0.1) is 0 Å². The normalized spacial score (nSPS) is 5.50. The Morgan fingerprint density at radius 3 is 1.25 bits per heavy atom. The standard InChI is InChI=1S/C6H10.2Rh/c1-3-5-6-4-2;;/h3-4H,1-2,5-6H2;;. The van der Waals surface area contributed by atoms with Gasteiger partial charge in [-0.2, -0.15) is 0 Å². The van der Waals surface area contributed by atoms with Gasteiger partial charge in [0.05, 0.1) is 0 Å². The average molecular weight is 288 g/mol. The van der Waals surface area contributed by atoms with Crippen molar-refractivity contribution in [2.24, 2.45) is 0 Å². The van der Waals surface area contributed by atoms with Gasteiger partial charge in [-0.3, -0.25) is 0 Å². The summed E-state index contributed by atoms with van der Waals surface area (Å²) in [6.45, 7) is 7.10. The maximum atomic E-state index is 3.55. The Morgan fingerprint density at radius 2 is 1.12 bits per heavy atom. The Balaban J connectivity index is -0.000000125. The molecule has 8 heavy (non-hydrogen) atoms. The first-order valence-corrected chi connectivity index (χ1v) is 2.13. The summed E-state index contributed by atoms with van der Waals surface area (Å²) in [6, 6.07) is 0. The molecule has 0 aromatic heterocycles. The van der Waals surface area contributed by atoms with E-state index in [4.69, 9.17) is 0 Å². The summed E-state index contributed by atoms with van der Waals surface area (Å²) >= 11 is 0. The number of hydrogen-bond donors (Lipinski definition) is 0. The largest absolute Gasteiger partial charge is 0.103 e. The van der Waals surface area contributed by atoms with Crippen molar-refractivity contribution in [1.82, 2.24) is 0 Å². The third-order valence-electron chi connectivity index (χ3n) is 0.575. The van der Waals surface area contributed by atoms with Crippen LogP contribution >= 0.6 is 0 Å². The molecule has 0 bridgehead atoms. The molecule has 0 saturated carbocycles. The molecule has 0 heterocycles. The summed E-state index contributed by atoms with van der Waals surface area (Å²) < 4.78 is 0. The molecule has 52 valence electrons. The van der Waals surface area contributed by atoms with E-state index < -0.39 is 0 Å². The van der Waals surface area contributed by atoms with Crippen molar-refractivity contribution in [1.29, 1.82) is 0 Å². The van der Waals surface area contributed by atoms with Crippen LogP contribution in [-0.4, -0.2) is 0 Å². The monoisotopic (exact) mass is 288 g/mol. The number of unbranched alkanes of at least 4 members (excludes halogenated alkanes) is 1. The second-order valence-corrected chi connectivity index (χ2v) is 1.15. The van der Waals surface area contributed by atoms with Gasteiger partial charge in [0, 0.05) is 39.0 Å². The molecule has 2 heteroatoms. The fraction of sp³-hybridized carbons (Fsp3) is 0.333. The average Bonchev–Trinajstić information content (AvgIpc) is 1.61. The van der Waals surface area contributed by atoms with Crippen molar-refractivity contribution < 1.29 is 39.0 Å². The second-order valence-electron chi connectivity index (χ2n) is 1.15. The first kappa shape index (κ1) is 15.9. The third kappa shape index (κ3) is 15.9. The first-order chi connectivity index (χ1) is 2.91. The molecule has 0 rings (SSSR count). The van der Waals surface area contributed by atoms with E-state index in [-0.39, 0.29) is 39.0 Å². The van der Waals surface area contributed by atoms with Crippen LogP contribution in [0.15, 0.2) is 25.3 Å². The Kier molecular flexibility index (Phi) is 31.1. The molecule has 0 N–H and O–H groups in total. The molecule has 0 atom stereocenters. The smallest absolute Gasteiger partial charge is 0 e. The predicted octanol–water partition coefficient (Wildman–Crippen LogP) is 2.13. The Bertz CT molecular complexity index is 42.5. The van der Waals surface area contributed by atoms with E-state index >= 15 is 0 Å². The molecule has 0 aromatic carbocycles. The minimum Gasteiger partial charge on any atom is -0.103 e. The second kappa shape index (κ2) is 15.6. The van der Waals surface area contributed by atoms with Crippen LogP contribution in [0.3, 0.4) is 0 Å². The topological polar surface area (TPSA) is 0 Å². The predicted molar refractivity (Wildman–Crippen MR) is 29.6 cm³/mol. The van der Waals surface area contributed by atoms with Gasteiger partial charge in [-0.15, -0.1) is 13.2 Å². The van der Waals surface area contributed by atoms with Gasteiger partial charge < -0.3 is 0 Å². The Labute approximate surface area is 77.0 Å². The van der Waals surface area contributed by atoms with Crippen LogP contribution < -0.4 is 0 Å². The van der Waals surface area contributed by atoms with Gasteiger partial charge in [0.25, 0.3) is 0 Å². The quantitative estimate of drug-likeness (QED) is 0.424. The van der Waals surface area contributed by atoms with Gasteiger partial charge in [-0.05, 0) is 12.8 Å². The van der Waals surface area contributed by atoms with Crippen LogP contribution in [0.5, 0.6) is 0 Å². The summed E-state index contributed by atoms with van der Waals surface area (Å²) in [6.07, 6.45) is 5.90.